The molecule has 1 atom stereocenters. The number of hydrogen-bond donors (Lipinski definition) is 2. The largest absolute Gasteiger partial charge is 0.465 e. The standard InChI is InChI=1S/C8H18N2O3/c1-2-13-8(11)7(10)3-5-12-6-4-9/h7H,2-6,9-10H2,1H3. The van der Waals surface area contributed by atoms with Crippen molar-refractivity contribution in [3.05, 3.63) is 0 Å². The Labute approximate surface area is 78.4 Å². The zero-order chi connectivity index (χ0) is 10.1. The van der Waals surface area contributed by atoms with Crippen molar-refractivity contribution in [2.24, 2.45) is 11.5 Å². The number of ether oxygens (including phenoxy) is 2. The van der Waals surface area contributed by atoms with Crippen molar-refractivity contribution in [2.45, 2.75) is 19.4 Å². The number of esters is 1. The minimum Gasteiger partial charge on any atom is -0.465 e. The second-order valence-electron chi connectivity index (χ2n) is 2.55. The van der Waals surface area contributed by atoms with Gasteiger partial charge >= 0.3 is 5.97 Å². The fourth-order valence-electron chi connectivity index (χ4n) is 0.763. The van der Waals surface area contributed by atoms with Gasteiger partial charge in [0, 0.05) is 13.2 Å². The quantitative estimate of drug-likeness (QED) is 0.407. The number of carbonyl (C=O) groups is 1. The van der Waals surface area contributed by atoms with Crippen molar-refractivity contribution in [1.82, 2.24) is 0 Å². The summed E-state index contributed by atoms with van der Waals surface area (Å²) in [6.45, 7) is 3.52. The van der Waals surface area contributed by atoms with Crippen LogP contribution in [0.15, 0.2) is 0 Å². The van der Waals surface area contributed by atoms with Gasteiger partial charge in [0.2, 0.25) is 0 Å². The Morgan fingerprint density at radius 2 is 2.15 bits per heavy atom. The minimum atomic E-state index is -0.585. The SMILES string of the molecule is CCOC(=O)C(N)CCOCCN. The van der Waals surface area contributed by atoms with Gasteiger partial charge in [-0.3, -0.25) is 4.79 Å². The molecule has 5 nitrogen and oxygen atoms in total. The zero-order valence-electron chi connectivity index (χ0n) is 7.99. The first-order chi connectivity index (χ1) is 6.22. The minimum absolute atomic E-state index is 0.357. The first-order valence-electron chi connectivity index (χ1n) is 4.42. The molecule has 78 valence electrons. The second kappa shape index (κ2) is 7.97. The normalized spacial score (nSPS) is 12.5. The van der Waals surface area contributed by atoms with E-state index < -0.39 is 6.04 Å². The van der Waals surface area contributed by atoms with E-state index in [1.807, 2.05) is 0 Å². The van der Waals surface area contributed by atoms with Crippen LogP contribution in [0.4, 0.5) is 0 Å². The number of hydrogen-bond acceptors (Lipinski definition) is 5. The van der Waals surface area contributed by atoms with Crippen molar-refractivity contribution in [1.29, 1.82) is 0 Å². The van der Waals surface area contributed by atoms with Gasteiger partial charge in [-0.1, -0.05) is 0 Å². The highest BCUT2D eigenvalue weighted by Gasteiger charge is 2.13. The Bertz CT molecular complexity index is 141. The molecule has 0 radical (unpaired) electrons. The summed E-state index contributed by atoms with van der Waals surface area (Å²) in [7, 11) is 0. The Morgan fingerprint density at radius 1 is 1.46 bits per heavy atom. The predicted octanol–water partition coefficient (Wildman–Crippen LogP) is -0.758. The topological polar surface area (TPSA) is 87.6 Å². The van der Waals surface area contributed by atoms with Crippen LogP contribution in [0, 0.1) is 0 Å². The summed E-state index contributed by atoms with van der Waals surface area (Å²) in [5.41, 5.74) is 10.7. The van der Waals surface area contributed by atoms with E-state index in [-0.39, 0.29) is 5.97 Å². The van der Waals surface area contributed by atoms with Crippen LogP contribution in [0.3, 0.4) is 0 Å². The van der Waals surface area contributed by atoms with Crippen molar-refractivity contribution < 1.29 is 14.3 Å². The number of rotatable bonds is 7. The lowest BCUT2D eigenvalue weighted by Gasteiger charge is -2.09. The van der Waals surface area contributed by atoms with Gasteiger partial charge in [0.1, 0.15) is 6.04 Å². The Morgan fingerprint density at radius 3 is 2.69 bits per heavy atom. The van der Waals surface area contributed by atoms with Crippen LogP contribution in [-0.4, -0.2) is 38.4 Å². The summed E-state index contributed by atoms with van der Waals surface area (Å²) in [5, 5.41) is 0. The van der Waals surface area contributed by atoms with E-state index in [0.29, 0.717) is 32.8 Å². The van der Waals surface area contributed by atoms with Crippen molar-refractivity contribution in [3.63, 3.8) is 0 Å². The summed E-state index contributed by atoms with van der Waals surface area (Å²) in [5.74, 6) is -0.376. The van der Waals surface area contributed by atoms with E-state index >= 15 is 0 Å². The van der Waals surface area contributed by atoms with Crippen LogP contribution < -0.4 is 11.5 Å². The van der Waals surface area contributed by atoms with Crippen molar-refractivity contribution >= 4 is 5.97 Å². The molecular formula is C8H18N2O3. The molecule has 0 rings (SSSR count). The van der Waals surface area contributed by atoms with Gasteiger partial charge in [-0.2, -0.15) is 0 Å². The monoisotopic (exact) mass is 190 g/mol. The lowest BCUT2D eigenvalue weighted by atomic mass is 10.2. The molecule has 0 heterocycles. The van der Waals surface area contributed by atoms with Crippen molar-refractivity contribution in [3.8, 4) is 0 Å². The molecule has 0 aromatic heterocycles. The molecule has 0 aliphatic rings. The van der Waals surface area contributed by atoms with Crippen LogP contribution in [-0.2, 0) is 14.3 Å². The number of carbonyl (C=O) groups excluding carboxylic acids is 1. The summed E-state index contributed by atoms with van der Waals surface area (Å²) < 4.78 is 9.79. The van der Waals surface area contributed by atoms with Crippen LogP contribution in [0.5, 0.6) is 0 Å². The third kappa shape index (κ3) is 6.51. The van der Waals surface area contributed by atoms with E-state index in [0.717, 1.165) is 0 Å². The molecule has 0 bridgehead atoms. The highest BCUT2D eigenvalue weighted by molar-refractivity contribution is 5.75. The van der Waals surface area contributed by atoms with E-state index in [1.54, 1.807) is 6.92 Å². The lowest BCUT2D eigenvalue weighted by Crippen LogP contribution is -2.33. The summed E-state index contributed by atoms with van der Waals surface area (Å²) in [6, 6.07) is -0.585. The molecule has 0 saturated heterocycles. The first-order valence-corrected chi connectivity index (χ1v) is 4.42. The molecule has 0 aliphatic carbocycles. The molecule has 0 amide bonds. The van der Waals surface area contributed by atoms with Gasteiger partial charge < -0.3 is 20.9 Å². The molecular weight excluding hydrogens is 172 g/mol. The molecule has 0 aromatic rings. The molecule has 4 N–H and O–H groups in total. The fraction of sp³-hybridized carbons (Fsp3) is 0.875. The smallest absolute Gasteiger partial charge is 0.322 e. The number of nitrogens with two attached hydrogens (primary N) is 2. The highest BCUT2D eigenvalue weighted by Crippen LogP contribution is 1.92. The second-order valence-corrected chi connectivity index (χ2v) is 2.55. The third-order valence-corrected chi connectivity index (χ3v) is 1.42. The zero-order valence-corrected chi connectivity index (χ0v) is 7.99. The third-order valence-electron chi connectivity index (χ3n) is 1.42. The molecule has 0 aromatic carbocycles. The summed E-state index contributed by atoms with van der Waals surface area (Å²) in [4.78, 5) is 11.0. The molecule has 0 saturated carbocycles. The Hall–Kier alpha value is -0.650. The first kappa shape index (κ1) is 12.3. The fourth-order valence-corrected chi connectivity index (χ4v) is 0.763. The van der Waals surface area contributed by atoms with Crippen molar-refractivity contribution in [2.75, 3.05) is 26.4 Å². The molecule has 1 unspecified atom stereocenters. The summed E-state index contributed by atoms with van der Waals surface area (Å²) in [6.07, 6.45) is 0.471. The molecule has 0 aliphatic heterocycles. The van der Waals surface area contributed by atoms with Crippen LogP contribution in [0.1, 0.15) is 13.3 Å². The van der Waals surface area contributed by atoms with Gasteiger partial charge in [0.15, 0.2) is 0 Å². The maximum absolute atomic E-state index is 11.0. The van der Waals surface area contributed by atoms with Gasteiger partial charge in [0.05, 0.1) is 13.2 Å². The van der Waals surface area contributed by atoms with E-state index in [2.05, 4.69) is 0 Å². The Balaban J connectivity index is 3.38. The van der Waals surface area contributed by atoms with Gasteiger partial charge in [-0.05, 0) is 13.3 Å². The molecule has 5 heteroatoms. The lowest BCUT2D eigenvalue weighted by molar-refractivity contribution is -0.145. The summed E-state index contributed by atoms with van der Waals surface area (Å²) >= 11 is 0. The van der Waals surface area contributed by atoms with Gasteiger partial charge in [-0.15, -0.1) is 0 Å². The van der Waals surface area contributed by atoms with E-state index in [1.165, 1.54) is 0 Å². The maximum Gasteiger partial charge on any atom is 0.322 e. The average molecular weight is 190 g/mol. The highest BCUT2D eigenvalue weighted by atomic mass is 16.5. The van der Waals surface area contributed by atoms with Crippen LogP contribution in [0.25, 0.3) is 0 Å². The van der Waals surface area contributed by atoms with Gasteiger partial charge in [-0.25, -0.2) is 0 Å². The Kier molecular flexibility index (Phi) is 7.57. The molecule has 0 fully saturated rings. The van der Waals surface area contributed by atoms with Crippen LogP contribution >= 0.6 is 0 Å². The van der Waals surface area contributed by atoms with Crippen LogP contribution in [0.2, 0.25) is 0 Å². The van der Waals surface area contributed by atoms with E-state index in [4.69, 9.17) is 20.9 Å². The maximum atomic E-state index is 11.0. The molecule has 0 spiro atoms. The average Bonchev–Trinajstić information content (AvgIpc) is 2.12. The van der Waals surface area contributed by atoms with E-state index in [9.17, 15) is 4.79 Å². The predicted molar refractivity (Wildman–Crippen MR) is 49.1 cm³/mol. The molecule has 13 heavy (non-hydrogen) atoms. The van der Waals surface area contributed by atoms with Gasteiger partial charge in [0.25, 0.3) is 0 Å².